The quantitative estimate of drug-likeness (QED) is 0.251. The van der Waals surface area contributed by atoms with Crippen LogP contribution in [0, 0.1) is 17.8 Å². The van der Waals surface area contributed by atoms with Crippen molar-refractivity contribution >= 4 is 0 Å². The Labute approximate surface area is 142 Å². The van der Waals surface area contributed by atoms with Crippen LogP contribution in [-0.4, -0.2) is 0 Å². The lowest BCUT2D eigenvalue weighted by Crippen LogP contribution is -2.04. The molecule has 0 amide bonds. The molecule has 0 spiro atoms. The lowest BCUT2D eigenvalue weighted by molar-refractivity contribution is 0.347. The zero-order valence-electron chi connectivity index (χ0n) is 16.6. The third-order valence-corrected chi connectivity index (χ3v) is 5.37. The van der Waals surface area contributed by atoms with Crippen molar-refractivity contribution in [3.8, 4) is 0 Å². The van der Waals surface area contributed by atoms with Gasteiger partial charge in [0.05, 0.1) is 0 Å². The summed E-state index contributed by atoms with van der Waals surface area (Å²) in [6, 6.07) is 0. The van der Waals surface area contributed by atoms with Gasteiger partial charge >= 0.3 is 0 Å². The number of hydrogen-bond donors (Lipinski definition) is 0. The van der Waals surface area contributed by atoms with Crippen LogP contribution < -0.4 is 0 Å². The highest BCUT2D eigenvalue weighted by Gasteiger charge is 2.09. The first kappa shape index (κ1) is 22.0. The van der Waals surface area contributed by atoms with E-state index in [1.54, 1.807) is 0 Å². The zero-order chi connectivity index (χ0) is 16.6. The third-order valence-electron chi connectivity index (χ3n) is 5.37. The molecule has 0 radical (unpaired) electrons. The van der Waals surface area contributed by atoms with Crippen molar-refractivity contribution in [1.82, 2.24) is 0 Å². The Bertz CT molecular complexity index is 202. The minimum absolute atomic E-state index is 0.896. The molecule has 0 N–H and O–H groups in total. The van der Waals surface area contributed by atoms with E-state index in [2.05, 4.69) is 34.6 Å². The normalized spacial score (nSPS) is 13.2. The zero-order valence-corrected chi connectivity index (χ0v) is 16.6. The molecule has 1 atom stereocenters. The summed E-state index contributed by atoms with van der Waals surface area (Å²) >= 11 is 0. The maximum atomic E-state index is 2.47. The van der Waals surface area contributed by atoms with Gasteiger partial charge in [-0.15, -0.1) is 0 Å². The van der Waals surface area contributed by atoms with Gasteiger partial charge in [-0.2, -0.15) is 0 Å². The molecule has 0 aromatic rings. The van der Waals surface area contributed by atoms with Crippen molar-refractivity contribution in [1.29, 1.82) is 0 Å². The van der Waals surface area contributed by atoms with E-state index in [4.69, 9.17) is 0 Å². The second-order valence-corrected chi connectivity index (χ2v) is 8.18. The molecule has 0 saturated heterocycles. The average Bonchev–Trinajstić information content (AvgIpc) is 2.49. The predicted octanol–water partition coefficient (Wildman–Crippen LogP) is 8.40. The molecule has 0 saturated carbocycles. The maximum Gasteiger partial charge on any atom is -0.0417 e. The molecule has 0 rings (SSSR count). The summed E-state index contributed by atoms with van der Waals surface area (Å²) in [5, 5.41) is 0. The summed E-state index contributed by atoms with van der Waals surface area (Å²) in [7, 11) is 0. The Morgan fingerprint density at radius 1 is 0.545 bits per heavy atom. The smallest absolute Gasteiger partial charge is 0.0417 e. The molecule has 0 aliphatic carbocycles. The Kier molecular flexibility index (Phi) is 15.9. The molecule has 134 valence electrons. The van der Waals surface area contributed by atoms with Gasteiger partial charge in [0.15, 0.2) is 0 Å². The fraction of sp³-hybridized carbons (Fsp3) is 1.00. The molecule has 22 heavy (non-hydrogen) atoms. The first-order valence-electron chi connectivity index (χ1n) is 10.6. The Hall–Kier alpha value is 0. The Balaban J connectivity index is 3.23. The molecule has 0 nitrogen and oxygen atoms in total. The van der Waals surface area contributed by atoms with Crippen LogP contribution in [0.15, 0.2) is 0 Å². The molecule has 0 aromatic heterocycles. The van der Waals surface area contributed by atoms with Crippen LogP contribution in [-0.2, 0) is 0 Å². The lowest BCUT2D eigenvalue weighted by Gasteiger charge is -2.18. The number of rotatable bonds is 16. The summed E-state index contributed by atoms with van der Waals surface area (Å²) in [6.07, 6.45) is 20.3. The largest absolute Gasteiger partial charge is 0.0651 e. The predicted molar refractivity (Wildman–Crippen MR) is 103 cm³/mol. The van der Waals surface area contributed by atoms with E-state index in [9.17, 15) is 0 Å². The van der Waals surface area contributed by atoms with Crippen LogP contribution in [0.5, 0.6) is 0 Å². The molecule has 1 unspecified atom stereocenters. The summed E-state index contributed by atoms with van der Waals surface area (Å²) < 4.78 is 0. The highest BCUT2D eigenvalue weighted by Crippen LogP contribution is 2.23. The van der Waals surface area contributed by atoms with Crippen LogP contribution in [0.1, 0.15) is 125 Å². The molecule has 0 aliphatic rings. The van der Waals surface area contributed by atoms with Crippen molar-refractivity contribution in [2.75, 3.05) is 0 Å². The van der Waals surface area contributed by atoms with Gasteiger partial charge < -0.3 is 0 Å². The van der Waals surface area contributed by atoms with E-state index >= 15 is 0 Å². The van der Waals surface area contributed by atoms with Gasteiger partial charge in [-0.3, -0.25) is 0 Å². The minimum atomic E-state index is 0.896. The first-order valence-corrected chi connectivity index (χ1v) is 10.6. The standard InChI is InChI=1S/C22H46/c1-6-22(7-2)19-21(5)18-16-14-12-10-8-9-11-13-15-17-20(3)4/h20-22H,6-19H2,1-5H3. The molecule has 0 aliphatic heterocycles. The molecule has 0 fully saturated rings. The number of unbranched alkanes of at least 4 members (excludes halogenated alkanes) is 8. The van der Waals surface area contributed by atoms with Crippen molar-refractivity contribution in [2.45, 2.75) is 125 Å². The Morgan fingerprint density at radius 2 is 0.955 bits per heavy atom. The lowest BCUT2D eigenvalue weighted by atomic mass is 9.88. The van der Waals surface area contributed by atoms with E-state index < -0.39 is 0 Å². The van der Waals surface area contributed by atoms with Crippen molar-refractivity contribution in [2.24, 2.45) is 17.8 Å². The highest BCUT2D eigenvalue weighted by atomic mass is 14.1. The van der Waals surface area contributed by atoms with Gasteiger partial charge in [-0.25, -0.2) is 0 Å². The summed E-state index contributed by atoms with van der Waals surface area (Å²) in [6.45, 7) is 11.8. The van der Waals surface area contributed by atoms with E-state index in [0.717, 1.165) is 17.8 Å². The van der Waals surface area contributed by atoms with Crippen LogP contribution in [0.4, 0.5) is 0 Å². The van der Waals surface area contributed by atoms with Crippen LogP contribution >= 0.6 is 0 Å². The fourth-order valence-corrected chi connectivity index (χ4v) is 3.59. The topological polar surface area (TPSA) is 0 Å². The maximum absolute atomic E-state index is 2.47. The van der Waals surface area contributed by atoms with Gasteiger partial charge in [0.1, 0.15) is 0 Å². The SMILES string of the molecule is CCC(CC)CC(C)CCCCCCCCCCCC(C)C. The van der Waals surface area contributed by atoms with E-state index in [-0.39, 0.29) is 0 Å². The van der Waals surface area contributed by atoms with Crippen LogP contribution in [0.2, 0.25) is 0 Å². The second kappa shape index (κ2) is 15.9. The van der Waals surface area contributed by atoms with Crippen molar-refractivity contribution in [3.63, 3.8) is 0 Å². The second-order valence-electron chi connectivity index (χ2n) is 8.18. The first-order chi connectivity index (χ1) is 10.6. The Morgan fingerprint density at radius 3 is 1.36 bits per heavy atom. The van der Waals surface area contributed by atoms with E-state index in [1.807, 2.05) is 0 Å². The molecule has 0 heterocycles. The van der Waals surface area contributed by atoms with Crippen LogP contribution in [0.25, 0.3) is 0 Å². The molecule has 0 heteroatoms. The van der Waals surface area contributed by atoms with Crippen LogP contribution in [0.3, 0.4) is 0 Å². The average molecular weight is 311 g/mol. The number of hydrogen-bond acceptors (Lipinski definition) is 0. The van der Waals surface area contributed by atoms with Gasteiger partial charge in [-0.05, 0) is 24.2 Å². The third kappa shape index (κ3) is 14.9. The highest BCUT2D eigenvalue weighted by molar-refractivity contribution is 4.61. The van der Waals surface area contributed by atoms with Gasteiger partial charge in [-0.1, -0.05) is 118 Å². The van der Waals surface area contributed by atoms with Crippen molar-refractivity contribution in [3.05, 3.63) is 0 Å². The molecule has 0 bridgehead atoms. The van der Waals surface area contributed by atoms with E-state index in [0.29, 0.717) is 0 Å². The van der Waals surface area contributed by atoms with Crippen molar-refractivity contribution < 1.29 is 0 Å². The molecular weight excluding hydrogens is 264 g/mol. The fourth-order valence-electron chi connectivity index (χ4n) is 3.59. The molecule has 0 aromatic carbocycles. The minimum Gasteiger partial charge on any atom is -0.0651 e. The van der Waals surface area contributed by atoms with Gasteiger partial charge in [0, 0.05) is 0 Å². The monoisotopic (exact) mass is 310 g/mol. The van der Waals surface area contributed by atoms with E-state index in [1.165, 1.54) is 89.9 Å². The van der Waals surface area contributed by atoms with Gasteiger partial charge in [0.25, 0.3) is 0 Å². The summed E-state index contributed by atoms with van der Waals surface area (Å²) in [5.41, 5.74) is 0. The molecular formula is C22H46. The van der Waals surface area contributed by atoms with Gasteiger partial charge in [0.2, 0.25) is 0 Å². The summed E-state index contributed by atoms with van der Waals surface area (Å²) in [5.74, 6) is 2.82. The summed E-state index contributed by atoms with van der Waals surface area (Å²) in [4.78, 5) is 0.